The van der Waals surface area contributed by atoms with Gasteiger partial charge < -0.3 is 15.4 Å². The fourth-order valence-corrected chi connectivity index (χ4v) is 2.86. The number of carbonyl (C=O) groups is 1. The molecule has 0 radical (unpaired) electrons. The van der Waals surface area contributed by atoms with Crippen LogP contribution in [0.5, 0.6) is 0 Å². The van der Waals surface area contributed by atoms with Crippen LogP contribution in [0, 0.1) is 0 Å². The summed E-state index contributed by atoms with van der Waals surface area (Å²) in [5.41, 5.74) is 5.50. The summed E-state index contributed by atoms with van der Waals surface area (Å²) in [6.07, 6.45) is 4.21. The number of nitrogens with zero attached hydrogens (tertiary/aromatic N) is 2. The Morgan fingerprint density at radius 2 is 1.95 bits per heavy atom. The second-order valence-electron chi connectivity index (χ2n) is 5.68. The van der Waals surface area contributed by atoms with E-state index in [0.717, 1.165) is 65.0 Å². The number of ether oxygens (including phenoxy) is 1. The molecule has 2 aliphatic heterocycles. The molecule has 0 aliphatic carbocycles. The van der Waals surface area contributed by atoms with Crippen LogP contribution >= 0.6 is 0 Å². The van der Waals surface area contributed by atoms with Crippen LogP contribution in [0.4, 0.5) is 0 Å². The van der Waals surface area contributed by atoms with Crippen molar-refractivity contribution in [3.8, 4) is 0 Å². The first-order valence-corrected chi connectivity index (χ1v) is 7.57. The Morgan fingerprint density at radius 1 is 1.21 bits per heavy atom. The lowest BCUT2D eigenvalue weighted by molar-refractivity contribution is -0.144. The SMILES string of the molecule is CC1CCC(C(=O)N2CCN(CCCCN)CC2)O1. The van der Waals surface area contributed by atoms with Gasteiger partial charge in [-0.1, -0.05) is 0 Å². The van der Waals surface area contributed by atoms with Gasteiger partial charge in [0.25, 0.3) is 5.91 Å². The topological polar surface area (TPSA) is 58.8 Å². The van der Waals surface area contributed by atoms with Gasteiger partial charge in [-0.3, -0.25) is 9.69 Å². The molecule has 1 amide bonds. The lowest BCUT2D eigenvalue weighted by Gasteiger charge is -2.35. The highest BCUT2D eigenvalue weighted by atomic mass is 16.5. The zero-order valence-corrected chi connectivity index (χ0v) is 12.0. The van der Waals surface area contributed by atoms with Gasteiger partial charge in [-0.25, -0.2) is 0 Å². The summed E-state index contributed by atoms with van der Waals surface area (Å²) in [4.78, 5) is 16.7. The minimum Gasteiger partial charge on any atom is -0.365 e. The third kappa shape index (κ3) is 4.16. The summed E-state index contributed by atoms with van der Waals surface area (Å²) in [7, 11) is 0. The van der Waals surface area contributed by atoms with Crippen LogP contribution in [0.1, 0.15) is 32.6 Å². The number of amides is 1. The molecule has 2 unspecified atom stereocenters. The Kier molecular flexibility index (Phi) is 5.60. The van der Waals surface area contributed by atoms with E-state index in [4.69, 9.17) is 10.5 Å². The highest BCUT2D eigenvalue weighted by Crippen LogP contribution is 2.21. The summed E-state index contributed by atoms with van der Waals surface area (Å²) < 4.78 is 5.66. The standard InChI is InChI=1S/C14H27N3O2/c1-12-4-5-13(19-12)14(18)17-10-8-16(9-11-17)7-3-2-6-15/h12-13H,2-11,15H2,1H3. The molecule has 0 aromatic heterocycles. The van der Waals surface area contributed by atoms with Gasteiger partial charge in [-0.05, 0) is 45.7 Å². The van der Waals surface area contributed by atoms with Crippen LogP contribution in [0.3, 0.4) is 0 Å². The second kappa shape index (κ2) is 7.22. The maximum Gasteiger partial charge on any atom is 0.251 e. The molecule has 2 aliphatic rings. The van der Waals surface area contributed by atoms with Crippen LogP contribution < -0.4 is 5.73 Å². The van der Waals surface area contributed by atoms with E-state index in [1.807, 2.05) is 11.8 Å². The predicted octanol–water partition coefficient (Wildman–Crippen LogP) is 0.437. The van der Waals surface area contributed by atoms with E-state index in [9.17, 15) is 4.79 Å². The number of hydrogen-bond acceptors (Lipinski definition) is 4. The molecule has 5 heteroatoms. The van der Waals surface area contributed by atoms with Gasteiger partial charge in [0.05, 0.1) is 6.10 Å². The maximum absolute atomic E-state index is 12.3. The highest BCUT2D eigenvalue weighted by Gasteiger charge is 2.32. The average molecular weight is 269 g/mol. The first-order valence-electron chi connectivity index (χ1n) is 7.57. The Morgan fingerprint density at radius 3 is 2.53 bits per heavy atom. The first kappa shape index (κ1) is 14.8. The van der Waals surface area contributed by atoms with Gasteiger partial charge in [0, 0.05) is 26.2 Å². The lowest BCUT2D eigenvalue weighted by atomic mass is 10.1. The summed E-state index contributed by atoms with van der Waals surface area (Å²) in [5, 5.41) is 0. The third-order valence-electron chi connectivity index (χ3n) is 4.12. The van der Waals surface area contributed by atoms with Crippen LogP contribution in [0.2, 0.25) is 0 Å². The predicted molar refractivity (Wildman–Crippen MR) is 74.9 cm³/mol. The number of rotatable bonds is 5. The fraction of sp³-hybridized carbons (Fsp3) is 0.929. The Hall–Kier alpha value is -0.650. The van der Waals surface area contributed by atoms with Crippen molar-refractivity contribution in [1.82, 2.24) is 9.80 Å². The van der Waals surface area contributed by atoms with Crippen molar-refractivity contribution < 1.29 is 9.53 Å². The number of hydrogen-bond donors (Lipinski definition) is 1. The Bertz CT molecular complexity index is 290. The molecular formula is C14H27N3O2. The van der Waals surface area contributed by atoms with Crippen molar-refractivity contribution in [3.05, 3.63) is 0 Å². The van der Waals surface area contributed by atoms with Crippen molar-refractivity contribution in [2.45, 2.75) is 44.8 Å². The van der Waals surface area contributed by atoms with Crippen molar-refractivity contribution in [3.63, 3.8) is 0 Å². The molecule has 0 aromatic rings. The van der Waals surface area contributed by atoms with Gasteiger partial charge in [-0.15, -0.1) is 0 Å². The molecule has 19 heavy (non-hydrogen) atoms. The van der Waals surface area contributed by atoms with E-state index in [1.165, 1.54) is 0 Å². The molecule has 0 bridgehead atoms. The molecule has 5 nitrogen and oxygen atoms in total. The van der Waals surface area contributed by atoms with E-state index in [2.05, 4.69) is 4.90 Å². The molecule has 2 fully saturated rings. The van der Waals surface area contributed by atoms with Gasteiger partial charge in [-0.2, -0.15) is 0 Å². The van der Waals surface area contributed by atoms with Crippen molar-refractivity contribution in [2.75, 3.05) is 39.3 Å². The molecule has 2 saturated heterocycles. The molecule has 2 N–H and O–H groups in total. The lowest BCUT2D eigenvalue weighted by Crippen LogP contribution is -2.51. The minimum atomic E-state index is -0.182. The van der Waals surface area contributed by atoms with Crippen molar-refractivity contribution in [2.24, 2.45) is 5.73 Å². The van der Waals surface area contributed by atoms with Crippen LogP contribution in [-0.4, -0.2) is 67.2 Å². The summed E-state index contributed by atoms with van der Waals surface area (Å²) >= 11 is 0. The van der Waals surface area contributed by atoms with E-state index in [-0.39, 0.29) is 18.1 Å². The first-order chi connectivity index (χ1) is 9.20. The van der Waals surface area contributed by atoms with E-state index in [1.54, 1.807) is 0 Å². The highest BCUT2D eigenvalue weighted by molar-refractivity contribution is 5.81. The van der Waals surface area contributed by atoms with Crippen LogP contribution in [-0.2, 0) is 9.53 Å². The normalized spacial score (nSPS) is 28.8. The molecule has 2 atom stereocenters. The van der Waals surface area contributed by atoms with Crippen LogP contribution in [0.25, 0.3) is 0 Å². The van der Waals surface area contributed by atoms with E-state index < -0.39 is 0 Å². The monoisotopic (exact) mass is 269 g/mol. The largest absolute Gasteiger partial charge is 0.365 e. The second-order valence-corrected chi connectivity index (χ2v) is 5.68. The van der Waals surface area contributed by atoms with Gasteiger partial charge in [0.2, 0.25) is 0 Å². The Labute approximate surface area is 116 Å². The van der Waals surface area contributed by atoms with Gasteiger partial charge in [0.1, 0.15) is 6.10 Å². The smallest absolute Gasteiger partial charge is 0.251 e. The molecule has 2 rings (SSSR count). The van der Waals surface area contributed by atoms with Gasteiger partial charge in [0.15, 0.2) is 0 Å². The molecule has 0 aromatic carbocycles. The van der Waals surface area contributed by atoms with Gasteiger partial charge >= 0.3 is 0 Å². The fourth-order valence-electron chi connectivity index (χ4n) is 2.86. The molecule has 2 heterocycles. The molecule has 110 valence electrons. The third-order valence-corrected chi connectivity index (χ3v) is 4.12. The quantitative estimate of drug-likeness (QED) is 0.736. The van der Waals surface area contributed by atoms with Crippen molar-refractivity contribution in [1.29, 1.82) is 0 Å². The Balaban J connectivity index is 1.69. The zero-order valence-electron chi connectivity index (χ0n) is 12.0. The average Bonchev–Trinajstić information content (AvgIpc) is 2.86. The zero-order chi connectivity index (χ0) is 13.7. The summed E-state index contributed by atoms with van der Waals surface area (Å²) in [6, 6.07) is 0. The number of carbonyl (C=O) groups excluding carboxylic acids is 1. The van der Waals surface area contributed by atoms with E-state index >= 15 is 0 Å². The van der Waals surface area contributed by atoms with Crippen molar-refractivity contribution >= 4 is 5.91 Å². The minimum absolute atomic E-state index is 0.182. The number of nitrogens with two attached hydrogens (primary N) is 1. The summed E-state index contributed by atoms with van der Waals surface area (Å²) in [6.45, 7) is 7.58. The molecular weight excluding hydrogens is 242 g/mol. The number of piperazine rings is 1. The van der Waals surface area contributed by atoms with E-state index in [0.29, 0.717) is 0 Å². The summed E-state index contributed by atoms with van der Waals surface area (Å²) in [5.74, 6) is 0.200. The number of unbranched alkanes of at least 4 members (excludes halogenated alkanes) is 1. The molecule has 0 spiro atoms. The van der Waals surface area contributed by atoms with Crippen LogP contribution in [0.15, 0.2) is 0 Å². The molecule has 0 saturated carbocycles. The maximum atomic E-state index is 12.3.